The fourth-order valence-electron chi connectivity index (χ4n) is 1.73. The summed E-state index contributed by atoms with van der Waals surface area (Å²) in [6.07, 6.45) is 2.69. The zero-order chi connectivity index (χ0) is 14.2. The molecule has 0 aliphatic heterocycles. The highest BCUT2D eigenvalue weighted by molar-refractivity contribution is 6.18. The second kappa shape index (κ2) is 7.65. The molecule has 0 aliphatic rings. The van der Waals surface area contributed by atoms with Gasteiger partial charge in [-0.1, -0.05) is 30.3 Å². The van der Waals surface area contributed by atoms with Crippen molar-refractivity contribution in [3.63, 3.8) is 0 Å². The molecule has 0 N–H and O–H groups in total. The summed E-state index contributed by atoms with van der Waals surface area (Å²) in [5.74, 6) is 1.08. The zero-order valence-corrected chi connectivity index (χ0v) is 11.8. The molecule has 4 heteroatoms. The van der Waals surface area contributed by atoms with Gasteiger partial charge in [-0.15, -0.1) is 11.6 Å². The first kappa shape index (κ1) is 14.5. The average Bonchev–Trinajstić information content (AvgIpc) is 2.52. The summed E-state index contributed by atoms with van der Waals surface area (Å²) >= 11 is 5.57. The molecule has 0 bridgehead atoms. The van der Waals surface area contributed by atoms with Gasteiger partial charge in [-0.3, -0.25) is 4.79 Å². The molecule has 0 radical (unpaired) electrons. The summed E-state index contributed by atoms with van der Waals surface area (Å²) in [6, 6.07) is 13.3. The van der Waals surface area contributed by atoms with Gasteiger partial charge in [0.15, 0.2) is 5.78 Å². The number of hydrogen-bond acceptors (Lipinski definition) is 3. The maximum Gasteiger partial charge on any atom is 0.213 e. The van der Waals surface area contributed by atoms with Gasteiger partial charge in [0.25, 0.3) is 0 Å². The van der Waals surface area contributed by atoms with Gasteiger partial charge in [-0.2, -0.15) is 0 Å². The fourth-order valence-corrected chi connectivity index (χ4v) is 1.87. The summed E-state index contributed by atoms with van der Waals surface area (Å²) in [5.41, 5.74) is 1.68. The Kier molecular flexibility index (Phi) is 5.56. The molecule has 2 aromatic rings. The predicted octanol–water partition coefficient (Wildman–Crippen LogP) is 3.86. The lowest BCUT2D eigenvalue weighted by Gasteiger charge is -2.06. The summed E-state index contributed by atoms with van der Waals surface area (Å²) in [7, 11) is 0. The number of ketones is 1. The molecular weight excluding hydrogens is 274 g/mol. The highest BCUT2D eigenvalue weighted by Crippen LogP contribution is 2.12. The number of carbonyl (C=O) groups excluding carboxylic acids is 1. The first-order valence-electron chi connectivity index (χ1n) is 6.51. The molecule has 0 saturated carbocycles. The van der Waals surface area contributed by atoms with Gasteiger partial charge in [0.2, 0.25) is 5.88 Å². The van der Waals surface area contributed by atoms with E-state index in [2.05, 4.69) is 4.98 Å². The van der Waals surface area contributed by atoms with E-state index in [4.69, 9.17) is 16.3 Å². The molecule has 0 fully saturated rings. The number of carbonyl (C=O) groups is 1. The Labute approximate surface area is 123 Å². The number of pyridine rings is 1. The van der Waals surface area contributed by atoms with E-state index >= 15 is 0 Å². The van der Waals surface area contributed by atoms with Crippen LogP contribution in [0.15, 0.2) is 48.7 Å². The number of halogens is 1. The van der Waals surface area contributed by atoms with Crippen molar-refractivity contribution in [3.8, 4) is 5.88 Å². The summed E-state index contributed by atoms with van der Waals surface area (Å²) < 4.78 is 5.56. The molecule has 2 rings (SSSR count). The lowest BCUT2D eigenvalue weighted by molar-refractivity contribution is 0.0981. The van der Waals surface area contributed by atoms with E-state index in [-0.39, 0.29) is 5.78 Å². The molecule has 1 aromatic heterocycles. The average molecular weight is 290 g/mol. The van der Waals surface area contributed by atoms with Gasteiger partial charge >= 0.3 is 0 Å². The van der Waals surface area contributed by atoms with Gasteiger partial charge < -0.3 is 4.74 Å². The van der Waals surface area contributed by atoms with Crippen LogP contribution in [0.2, 0.25) is 0 Å². The minimum Gasteiger partial charge on any atom is -0.473 e. The van der Waals surface area contributed by atoms with Crippen LogP contribution in [0.5, 0.6) is 5.88 Å². The van der Waals surface area contributed by atoms with Crippen molar-refractivity contribution in [1.82, 2.24) is 4.98 Å². The second-order valence-corrected chi connectivity index (χ2v) is 4.75. The van der Waals surface area contributed by atoms with Crippen molar-refractivity contribution in [3.05, 3.63) is 59.8 Å². The quantitative estimate of drug-likeness (QED) is 0.574. The molecular formula is C16H16ClNO2. The van der Waals surface area contributed by atoms with E-state index in [1.165, 1.54) is 0 Å². The minimum atomic E-state index is 0.0627. The number of benzene rings is 1. The topological polar surface area (TPSA) is 39.2 Å². The van der Waals surface area contributed by atoms with Crippen molar-refractivity contribution in [2.45, 2.75) is 19.4 Å². The molecule has 0 atom stereocenters. The Morgan fingerprint density at radius 2 is 1.95 bits per heavy atom. The van der Waals surface area contributed by atoms with Gasteiger partial charge in [0.05, 0.1) is 0 Å². The second-order valence-electron chi connectivity index (χ2n) is 4.38. The van der Waals surface area contributed by atoms with E-state index in [1.807, 2.05) is 30.3 Å². The summed E-state index contributed by atoms with van der Waals surface area (Å²) in [5, 5.41) is 0. The maximum atomic E-state index is 11.8. The molecule has 0 unspecified atom stereocenters. The molecule has 3 nitrogen and oxygen atoms in total. The van der Waals surface area contributed by atoms with Gasteiger partial charge in [-0.05, 0) is 18.1 Å². The van der Waals surface area contributed by atoms with E-state index in [9.17, 15) is 4.79 Å². The number of rotatable bonds is 7. The predicted molar refractivity (Wildman–Crippen MR) is 79.3 cm³/mol. The highest BCUT2D eigenvalue weighted by Gasteiger charge is 2.06. The van der Waals surface area contributed by atoms with Crippen molar-refractivity contribution < 1.29 is 9.53 Å². The third kappa shape index (κ3) is 4.35. The van der Waals surface area contributed by atoms with E-state index in [0.29, 0.717) is 36.8 Å². The Bertz CT molecular complexity index is 540. The van der Waals surface area contributed by atoms with Crippen molar-refractivity contribution in [2.75, 3.05) is 5.88 Å². The van der Waals surface area contributed by atoms with E-state index in [0.717, 1.165) is 5.56 Å². The number of Topliss-reactive ketones (excluding diaryl/α,β-unsaturated/α-hetero) is 1. The Morgan fingerprint density at radius 3 is 2.60 bits per heavy atom. The molecule has 1 heterocycles. The molecule has 1 aromatic carbocycles. The van der Waals surface area contributed by atoms with Crippen LogP contribution in [0.4, 0.5) is 0 Å². The molecule has 0 amide bonds. The Balaban J connectivity index is 1.90. The first-order valence-corrected chi connectivity index (χ1v) is 7.05. The molecule has 0 spiro atoms. The zero-order valence-electron chi connectivity index (χ0n) is 11.1. The van der Waals surface area contributed by atoms with Gasteiger partial charge in [0.1, 0.15) is 6.61 Å². The van der Waals surface area contributed by atoms with Crippen LogP contribution >= 0.6 is 11.6 Å². The lowest BCUT2D eigenvalue weighted by Crippen LogP contribution is -2.02. The van der Waals surface area contributed by atoms with Crippen LogP contribution < -0.4 is 4.74 Å². The first-order chi connectivity index (χ1) is 9.79. The largest absolute Gasteiger partial charge is 0.473 e. The smallest absolute Gasteiger partial charge is 0.213 e. The SMILES string of the molecule is O=C(CCCCl)c1ccc(OCc2ccccc2)nc1. The van der Waals surface area contributed by atoms with Crippen molar-refractivity contribution in [2.24, 2.45) is 0 Å². The van der Waals surface area contributed by atoms with Crippen LogP contribution in [0.3, 0.4) is 0 Å². The van der Waals surface area contributed by atoms with Crippen LogP contribution in [-0.2, 0) is 6.61 Å². The number of alkyl halides is 1. The van der Waals surface area contributed by atoms with Crippen LogP contribution in [-0.4, -0.2) is 16.6 Å². The Hall–Kier alpha value is -1.87. The molecule has 104 valence electrons. The highest BCUT2D eigenvalue weighted by atomic mass is 35.5. The fraction of sp³-hybridized carbons (Fsp3) is 0.250. The Morgan fingerprint density at radius 1 is 1.15 bits per heavy atom. The van der Waals surface area contributed by atoms with Gasteiger partial charge in [-0.25, -0.2) is 4.98 Å². The van der Waals surface area contributed by atoms with Gasteiger partial charge in [0, 0.05) is 30.1 Å². The lowest BCUT2D eigenvalue weighted by atomic mass is 10.1. The molecule has 20 heavy (non-hydrogen) atoms. The van der Waals surface area contributed by atoms with E-state index < -0.39 is 0 Å². The number of hydrogen-bond donors (Lipinski definition) is 0. The maximum absolute atomic E-state index is 11.8. The van der Waals surface area contributed by atoms with Crippen molar-refractivity contribution in [1.29, 1.82) is 0 Å². The van der Waals surface area contributed by atoms with Crippen LogP contribution in [0, 0.1) is 0 Å². The number of aromatic nitrogens is 1. The third-order valence-corrected chi connectivity index (χ3v) is 3.09. The summed E-state index contributed by atoms with van der Waals surface area (Å²) in [6.45, 7) is 0.466. The number of ether oxygens (including phenoxy) is 1. The number of nitrogens with zero attached hydrogens (tertiary/aromatic N) is 1. The molecule has 0 saturated heterocycles. The molecule has 0 aliphatic carbocycles. The standard InChI is InChI=1S/C16H16ClNO2/c17-10-4-7-15(19)14-8-9-16(18-11-14)20-12-13-5-2-1-3-6-13/h1-3,5-6,8-9,11H,4,7,10,12H2. The third-order valence-electron chi connectivity index (χ3n) is 2.83. The van der Waals surface area contributed by atoms with Crippen molar-refractivity contribution >= 4 is 17.4 Å². The minimum absolute atomic E-state index is 0.0627. The summed E-state index contributed by atoms with van der Waals surface area (Å²) in [4.78, 5) is 15.9. The monoisotopic (exact) mass is 289 g/mol. The normalized spacial score (nSPS) is 10.2. The van der Waals surface area contributed by atoms with Crippen LogP contribution in [0.25, 0.3) is 0 Å². The van der Waals surface area contributed by atoms with E-state index in [1.54, 1.807) is 18.3 Å². The van der Waals surface area contributed by atoms with Crippen LogP contribution in [0.1, 0.15) is 28.8 Å².